The molecule has 0 spiro atoms. The van der Waals surface area contributed by atoms with Gasteiger partial charge in [-0.1, -0.05) is 24.3 Å². The van der Waals surface area contributed by atoms with E-state index in [1.54, 1.807) is 17.1 Å². The molecule has 1 aliphatic rings. The van der Waals surface area contributed by atoms with E-state index in [1.165, 1.54) is 0 Å². The number of pyridine rings is 1. The molecule has 0 radical (unpaired) electrons. The maximum atomic E-state index is 13.1. The minimum atomic E-state index is -0.0215. The van der Waals surface area contributed by atoms with Crippen LogP contribution in [-0.2, 0) is 0 Å². The topological polar surface area (TPSA) is 63.1 Å². The van der Waals surface area contributed by atoms with Crippen molar-refractivity contribution in [1.82, 2.24) is 25.0 Å². The standard InChI is InChI=1S/C20H21N5O.ClH/c1-15-5-2-3-7-18(15)25-14-17(12-23-25)20(26)24-10-9-22-13-19(24)16-6-4-8-21-11-16;/h2-8,11-12,14,19,22H,9-10,13H2,1H3;1H. The van der Waals surface area contributed by atoms with Gasteiger partial charge in [-0.05, 0) is 30.2 Å². The van der Waals surface area contributed by atoms with Crippen LogP contribution in [0.4, 0.5) is 0 Å². The second-order valence-corrected chi connectivity index (χ2v) is 6.46. The molecule has 0 aliphatic carbocycles. The highest BCUT2D eigenvalue weighted by Crippen LogP contribution is 2.24. The molecule has 2 aromatic heterocycles. The smallest absolute Gasteiger partial charge is 0.257 e. The number of aryl methyl sites for hydroxylation is 1. The van der Waals surface area contributed by atoms with Crippen molar-refractivity contribution >= 4 is 18.3 Å². The Bertz CT molecular complexity index is 912. The average Bonchev–Trinajstić information content (AvgIpc) is 3.18. The highest BCUT2D eigenvalue weighted by atomic mass is 35.5. The lowest BCUT2D eigenvalue weighted by molar-refractivity contribution is 0.0634. The minimum Gasteiger partial charge on any atom is -0.329 e. The van der Waals surface area contributed by atoms with Crippen molar-refractivity contribution in [1.29, 1.82) is 0 Å². The van der Waals surface area contributed by atoms with Crippen molar-refractivity contribution in [2.24, 2.45) is 0 Å². The van der Waals surface area contributed by atoms with Crippen LogP contribution in [0.1, 0.15) is 27.5 Å². The SMILES string of the molecule is Cc1ccccc1-n1cc(C(=O)N2CCNCC2c2cccnc2)cn1.Cl. The monoisotopic (exact) mass is 383 g/mol. The van der Waals surface area contributed by atoms with Gasteiger partial charge < -0.3 is 10.2 Å². The predicted octanol–water partition coefficient (Wildman–Crippen LogP) is 2.78. The van der Waals surface area contributed by atoms with Crippen LogP contribution in [0.15, 0.2) is 61.2 Å². The normalized spacial score (nSPS) is 16.6. The molecular formula is C20H22ClN5O. The molecule has 0 saturated carbocycles. The van der Waals surface area contributed by atoms with Crippen LogP contribution >= 0.6 is 12.4 Å². The summed E-state index contributed by atoms with van der Waals surface area (Å²) in [6, 6.07) is 11.9. The van der Waals surface area contributed by atoms with Gasteiger partial charge in [0.1, 0.15) is 0 Å². The first-order chi connectivity index (χ1) is 12.7. The molecule has 7 heteroatoms. The second-order valence-electron chi connectivity index (χ2n) is 6.46. The minimum absolute atomic E-state index is 0. The number of hydrogen-bond donors (Lipinski definition) is 1. The Morgan fingerprint density at radius 1 is 1.19 bits per heavy atom. The molecule has 1 N–H and O–H groups in total. The third-order valence-corrected chi connectivity index (χ3v) is 4.77. The maximum Gasteiger partial charge on any atom is 0.257 e. The van der Waals surface area contributed by atoms with Crippen molar-refractivity contribution in [3.63, 3.8) is 0 Å². The first-order valence-corrected chi connectivity index (χ1v) is 8.76. The molecule has 1 aromatic carbocycles. The number of hydrogen-bond acceptors (Lipinski definition) is 4. The molecule has 140 valence electrons. The summed E-state index contributed by atoms with van der Waals surface area (Å²) in [5.41, 5.74) is 3.74. The van der Waals surface area contributed by atoms with Gasteiger partial charge in [-0.25, -0.2) is 4.68 Å². The summed E-state index contributed by atoms with van der Waals surface area (Å²) in [6.07, 6.45) is 7.04. The summed E-state index contributed by atoms with van der Waals surface area (Å²) in [4.78, 5) is 19.2. The van der Waals surface area contributed by atoms with E-state index in [-0.39, 0.29) is 24.4 Å². The molecule has 3 heterocycles. The van der Waals surface area contributed by atoms with Gasteiger partial charge in [-0.2, -0.15) is 5.10 Å². The first kappa shape index (κ1) is 19.1. The number of rotatable bonds is 3. The number of carbonyl (C=O) groups excluding carboxylic acids is 1. The van der Waals surface area contributed by atoms with Crippen molar-refractivity contribution in [3.8, 4) is 5.69 Å². The van der Waals surface area contributed by atoms with Crippen LogP contribution in [0.5, 0.6) is 0 Å². The highest BCUT2D eigenvalue weighted by Gasteiger charge is 2.29. The third-order valence-electron chi connectivity index (χ3n) is 4.77. The lowest BCUT2D eigenvalue weighted by Crippen LogP contribution is -2.48. The van der Waals surface area contributed by atoms with Crippen LogP contribution in [0.2, 0.25) is 0 Å². The van der Waals surface area contributed by atoms with E-state index in [1.807, 2.05) is 60.6 Å². The van der Waals surface area contributed by atoms with Crippen LogP contribution in [0.25, 0.3) is 5.69 Å². The Labute approximate surface area is 164 Å². The van der Waals surface area contributed by atoms with Gasteiger partial charge in [0.05, 0.1) is 23.5 Å². The quantitative estimate of drug-likeness (QED) is 0.755. The van der Waals surface area contributed by atoms with E-state index in [9.17, 15) is 4.79 Å². The van der Waals surface area contributed by atoms with Gasteiger partial charge >= 0.3 is 0 Å². The van der Waals surface area contributed by atoms with Gasteiger partial charge in [0, 0.05) is 38.2 Å². The Morgan fingerprint density at radius 3 is 2.81 bits per heavy atom. The lowest BCUT2D eigenvalue weighted by atomic mass is 10.0. The van der Waals surface area contributed by atoms with Crippen molar-refractivity contribution in [2.45, 2.75) is 13.0 Å². The molecule has 27 heavy (non-hydrogen) atoms. The van der Waals surface area contributed by atoms with Crippen LogP contribution in [0.3, 0.4) is 0 Å². The molecule has 0 bridgehead atoms. The number of benzene rings is 1. The van der Waals surface area contributed by atoms with Crippen LogP contribution in [0, 0.1) is 6.92 Å². The molecule has 4 rings (SSSR count). The molecule has 1 atom stereocenters. The first-order valence-electron chi connectivity index (χ1n) is 8.76. The van der Waals surface area contributed by atoms with Gasteiger partial charge in [-0.15, -0.1) is 12.4 Å². The van der Waals surface area contributed by atoms with Crippen molar-refractivity contribution in [3.05, 3.63) is 77.9 Å². The van der Waals surface area contributed by atoms with Gasteiger partial charge in [0.15, 0.2) is 0 Å². The van der Waals surface area contributed by atoms with Crippen LogP contribution in [-0.4, -0.2) is 45.2 Å². The van der Waals surface area contributed by atoms with E-state index in [2.05, 4.69) is 15.4 Å². The number of piperazine rings is 1. The summed E-state index contributed by atoms with van der Waals surface area (Å²) in [6.45, 7) is 4.21. The molecule has 1 saturated heterocycles. The van der Waals surface area contributed by atoms with Crippen molar-refractivity contribution < 1.29 is 4.79 Å². The van der Waals surface area contributed by atoms with E-state index in [4.69, 9.17) is 0 Å². The number of halogens is 1. The zero-order valence-corrected chi connectivity index (χ0v) is 15.9. The van der Waals surface area contributed by atoms with E-state index < -0.39 is 0 Å². The van der Waals surface area contributed by atoms with Gasteiger partial charge in [-0.3, -0.25) is 9.78 Å². The zero-order chi connectivity index (χ0) is 17.9. The summed E-state index contributed by atoms with van der Waals surface area (Å²) in [5.74, 6) is 0.000173. The maximum absolute atomic E-state index is 13.1. The van der Waals surface area contributed by atoms with Crippen molar-refractivity contribution in [2.75, 3.05) is 19.6 Å². The summed E-state index contributed by atoms with van der Waals surface area (Å²) in [5, 5.41) is 7.77. The molecule has 6 nitrogen and oxygen atoms in total. The van der Waals surface area contributed by atoms with E-state index in [0.29, 0.717) is 12.1 Å². The molecule has 1 unspecified atom stereocenters. The Morgan fingerprint density at radius 2 is 2.04 bits per heavy atom. The molecule has 1 aliphatic heterocycles. The number of nitrogens with one attached hydrogen (secondary N) is 1. The fraction of sp³-hybridized carbons (Fsp3) is 0.250. The Balaban J connectivity index is 0.00000210. The highest BCUT2D eigenvalue weighted by molar-refractivity contribution is 5.94. The molecule has 1 amide bonds. The number of carbonyl (C=O) groups is 1. The summed E-state index contributed by atoms with van der Waals surface area (Å²) >= 11 is 0. The summed E-state index contributed by atoms with van der Waals surface area (Å²) < 4.78 is 1.77. The Kier molecular flexibility index (Phi) is 5.88. The predicted molar refractivity (Wildman–Crippen MR) is 106 cm³/mol. The Hall–Kier alpha value is -2.70. The fourth-order valence-corrected chi connectivity index (χ4v) is 3.37. The molecule has 1 fully saturated rings. The van der Waals surface area contributed by atoms with Crippen LogP contribution < -0.4 is 5.32 Å². The number of amides is 1. The largest absolute Gasteiger partial charge is 0.329 e. The molecule has 3 aromatic rings. The molecular weight excluding hydrogens is 362 g/mol. The summed E-state index contributed by atoms with van der Waals surface area (Å²) in [7, 11) is 0. The third kappa shape index (κ3) is 3.86. The number of aromatic nitrogens is 3. The number of nitrogens with zero attached hydrogens (tertiary/aromatic N) is 4. The number of para-hydroxylation sites is 1. The lowest BCUT2D eigenvalue weighted by Gasteiger charge is -2.36. The van der Waals surface area contributed by atoms with E-state index >= 15 is 0 Å². The van der Waals surface area contributed by atoms with E-state index in [0.717, 1.165) is 29.9 Å². The van der Waals surface area contributed by atoms with Gasteiger partial charge in [0.25, 0.3) is 5.91 Å². The van der Waals surface area contributed by atoms with Gasteiger partial charge in [0.2, 0.25) is 0 Å². The second kappa shape index (κ2) is 8.33. The zero-order valence-electron chi connectivity index (χ0n) is 15.1. The fourth-order valence-electron chi connectivity index (χ4n) is 3.37. The average molecular weight is 384 g/mol.